The van der Waals surface area contributed by atoms with Crippen LogP contribution in [0.1, 0.15) is 25.5 Å². The van der Waals surface area contributed by atoms with Gasteiger partial charge in [0.1, 0.15) is 5.75 Å². The molecule has 2 atom stereocenters. The van der Waals surface area contributed by atoms with E-state index in [9.17, 15) is 9.59 Å². The molecule has 0 saturated carbocycles. The van der Waals surface area contributed by atoms with Crippen LogP contribution in [0, 0.1) is 5.92 Å². The van der Waals surface area contributed by atoms with Crippen molar-refractivity contribution in [2.24, 2.45) is 11.7 Å². The molecule has 0 radical (unpaired) electrons. The predicted molar refractivity (Wildman–Crippen MR) is 106 cm³/mol. The Balaban J connectivity index is 0.00000338. The first-order chi connectivity index (χ1) is 11.9. The number of nitrogens with one attached hydrogen (secondary N) is 2. The minimum Gasteiger partial charge on any atom is -0.495 e. The number of carbonyl (C=O) groups excluding carboxylic acids is 2. The standard InChI is InChI=1S/C19H23N3O3.ClH/c1-12(18(20)14-7-5-4-6-8-14)19(24)22-16-11-15(21-13(2)23)9-10-17(16)25-3;/h4-12,18H,20H2,1-3H3,(H,21,23)(H,22,24);1H. The van der Waals surface area contributed by atoms with Crippen LogP contribution >= 0.6 is 12.4 Å². The summed E-state index contributed by atoms with van der Waals surface area (Å²) in [5.41, 5.74) is 8.15. The molecule has 0 aromatic heterocycles. The molecule has 0 aliphatic rings. The van der Waals surface area contributed by atoms with Crippen LogP contribution in [-0.4, -0.2) is 18.9 Å². The Hall–Kier alpha value is -2.57. The van der Waals surface area contributed by atoms with Crippen molar-refractivity contribution in [3.63, 3.8) is 0 Å². The van der Waals surface area contributed by atoms with Crippen LogP contribution in [0.2, 0.25) is 0 Å². The zero-order chi connectivity index (χ0) is 18.4. The fourth-order valence-electron chi connectivity index (χ4n) is 2.46. The summed E-state index contributed by atoms with van der Waals surface area (Å²) < 4.78 is 5.27. The maximum Gasteiger partial charge on any atom is 0.229 e. The molecule has 2 unspecified atom stereocenters. The van der Waals surface area contributed by atoms with Crippen LogP contribution in [0.25, 0.3) is 0 Å². The number of hydrogen-bond acceptors (Lipinski definition) is 4. The second-order valence-electron chi connectivity index (χ2n) is 5.81. The molecule has 0 aliphatic carbocycles. The fourth-order valence-corrected chi connectivity index (χ4v) is 2.46. The molecule has 2 rings (SSSR count). The van der Waals surface area contributed by atoms with Gasteiger partial charge in [0, 0.05) is 18.7 Å². The van der Waals surface area contributed by atoms with Crippen molar-refractivity contribution in [2.75, 3.05) is 17.7 Å². The molecular weight excluding hydrogens is 354 g/mol. The molecule has 140 valence electrons. The van der Waals surface area contributed by atoms with Gasteiger partial charge in [-0.25, -0.2) is 0 Å². The lowest BCUT2D eigenvalue weighted by Crippen LogP contribution is -2.30. The lowest BCUT2D eigenvalue weighted by Gasteiger charge is -2.21. The van der Waals surface area contributed by atoms with Gasteiger partial charge in [-0.2, -0.15) is 0 Å². The molecule has 6 nitrogen and oxygen atoms in total. The highest BCUT2D eigenvalue weighted by Crippen LogP contribution is 2.29. The second-order valence-corrected chi connectivity index (χ2v) is 5.81. The maximum absolute atomic E-state index is 12.6. The number of rotatable bonds is 6. The van der Waals surface area contributed by atoms with Gasteiger partial charge in [-0.05, 0) is 23.8 Å². The summed E-state index contributed by atoms with van der Waals surface area (Å²) in [6, 6.07) is 14.1. The van der Waals surface area contributed by atoms with Crippen molar-refractivity contribution >= 4 is 35.6 Å². The van der Waals surface area contributed by atoms with Gasteiger partial charge in [0.25, 0.3) is 0 Å². The smallest absolute Gasteiger partial charge is 0.229 e. The number of nitrogens with two attached hydrogens (primary N) is 1. The van der Waals surface area contributed by atoms with E-state index in [0.717, 1.165) is 5.56 Å². The van der Waals surface area contributed by atoms with Gasteiger partial charge in [0.2, 0.25) is 11.8 Å². The van der Waals surface area contributed by atoms with Crippen LogP contribution in [-0.2, 0) is 9.59 Å². The lowest BCUT2D eigenvalue weighted by atomic mass is 9.94. The summed E-state index contributed by atoms with van der Waals surface area (Å²) in [5.74, 6) is -0.365. The number of hydrogen-bond donors (Lipinski definition) is 3. The quantitative estimate of drug-likeness (QED) is 0.719. The third kappa shape index (κ3) is 5.47. The van der Waals surface area contributed by atoms with Crippen molar-refractivity contribution in [3.8, 4) is 5.75 Å². The zero-order valence-corrected chi connectivity index (χ0v) is 15.8. The first-order valence-corrected chi connectivity index (χ1v) is 7.99. The van der Waals surface area contributed by atoms with Crippen LogP contribution in [0.3, 0.4) is 0 Å². The number of halogens is 1. The number of benzene rings is 2. The third-order valence-electron chi connectivity index (χ3n) is 3.91. The van der Waals surface area contributed by atoms with Gasteiger partial charge < -0.3 is 21.1 Å². The largest absolute Gasteiger partial charge is 0.495 e. The topological polar surface area (TPSA) is 93.5 Å². The summed E-state index contributed by atoms with van der Waals surface area (Å²) in [7, 11) is 1.52. The summed E-state index contributed by atoms with van der Waals surface area (Å²) in [5, 5.41) is 5.51. The molecule has 7 heteroatoms. The van der Waals surface area contributed by atoms with E-state index in [-0.39, 0.29) is 24.2 Å². The summed E-state index contributed by atoms with van der Waals surface area (Å²) in [4.78, 5) is 23.8. The number of anilines is 2. The highest BCUT2D eigenvalue weighted by Gasteiger charge is 2.23. The molecular formula is C19H24ClN3O3. The number of methoxy groups -OCH3 is 1. The number of amides is 2. The highest BCUT2D eigenvalue weighted by molar-refractivity contribution is 5.96. The minimum atomic E-state index is -0.448. The Morgan fingerprint density at radius 3 is 2.31 bits per heavy atom. The van der Waals surface area contributed by atoms with E-state index >= 15 is 0 Å². The number of carbonyl (C=O) groups is 2. The minimum absolute atomic E-state index is 0. The summed E-state index contributed by atoms with van der Waals surface area (Å²) in [6.07, 6.45) is 0. The van der Waals surface area contributed by atoms with E-state index in [0.29, 0.717) is 17.1 Å². The Morgan fingerprint density at radius 2 is 1.73 bits per heavy atom. The zero-order valence-electron chi connectivity index (χ0n) is 15.0. The average molecular weight is 378 g/mol. The molecule has 2 aromatic rings. The fraction of sp³-hybridized carbons (Fsp3) is 0.263. The van der Waals surface area contributed by atoms with Crippen molar-refractivity contribution in [1.82, 2.24) is 0 Å². The Labute approximate surface area is 159 Å². The van der Waals surface area contributed by atoms with E-state index < -0.39 is 12.0 Å². The highest BCUT2D eigenvalue weighted by atomic mass is 35.5. The third-order valence-corrected chi connectivity index (χ3v) is 3.91. The van der Waals surface area contributed by atoms with Gasteiger partial charge in [0.15, 0.2) is 0 Å². The molecule has 26 heavy (non-hydrogen) atoms. The Kier molecular flexibility index (Phi) is 8.09. The van der Waals surface area contributed by atoms with Gasteiger partial charge in [-0.3, -0.25) is 9.59 Å². The molecule has 0 saturated heterocycles. The summed E-state index contributed by atoms with van der Waals surface area (Å²) >= 11 is 0. The van der Waals surface area contributed by atoms with Gasteiger partial charge in [-0.15, -0.1) is 12.4 Å². The van der Waals surface area contributed by atoms with E-state index in [1.807, 2.05) is 30.3 Å². The SMILES string of the molecule is COc1ccc(NC(C)=O)cc1NC(=O)C(C)C(N)c1ccccc1.Cl. The molecule has 4 N–H and O–H groups in total. The maximum atomic E-state index is 12.6. The van der Waals surface area contributed by atoms with Crippen molar-refractivity contribution < 1.29 is 14.3 Å². The summed E-state index contributed by atoms with van der Waals surface area (Å²) in [6.45, 7) is 3.20. The Morgan fingerprint density at radius 1 is 1.08 bits per heavy atom. The molecule has 2 aromatic carbocycles. The van der Waals surface area contributed by atoms with Crippen molar-refractivity contribution in [1.29, 1.82) is 0 Å². The molecule has 0 bridgehead atoms. The first kappa shape index (κ1) is 21.5. The van der Waals surface area contributed by atoms with Crippen LogP contribution in [0.5, 0.6) is 5.75 Å². The Bertz CT molecular complexity index is 753. The second kappa shape index (κ2) is 9.79. The monoisotopic (exact) mass is 377 g/mol. The van der Waals surface area contributed by atoms with Crippen LogP contribution in [0.4, 0.5) is 11.4 Å². The molecule has 0 aliphatic heterocycles. The average Bonchev–Trinajstić information content (AvgIpc) is 2.61. The molecule has 0 spiro atoms. The van der Waals surface area contributed by atoms with Crippen molar-refractivity contribution in [3.05, 3.63) is 54.1 Å². The van der Waals surface area contributed by atoms with Gasteiger partial charge >= 0.3 is 0 Å². The molecule has 0 heterocycles. The van der Waals surface area contributed by atoms with Gasteiger partial charge in [0.05, 0.1) is 18.7 Å². The van der Waals surface area contributed by atoms with E-state index in [2.05, 4.69) is 10.6 Å². The van der Waals surface area contributed by atoms with Crippen LogP contribution < -0.4 is 21.1 Å². The predicted octanol–water partition coefficient (Wildman–Crippen LogP) is 3.35. The molecule has 2 amide bonds. The normalized spacial score (nSPS) is 12.3. The number of ether oxygens (including phenoxy) is 1. The van der Waals surface area contributed by atoms with E-state index in [1.165, 1.54) is 14.0 Å². The van der Waals surface area contributed by atoms with E-state index in [1.54, 1.807) is 25.1 Å². The van der Waals surface area contributed by atoms with Crippen LogP contribution in [0.15, 0.2) is 48.5 Å². The molecule has 0 fully saturated rings. The van der Waals surface area contributed by atoms with E-state index in [4.69, 9.17) is 10.5 Å². The van der Waals surface area contributed by atoms with Gasteiger partial charge in [-0.1, -0.05) is 37.3 Å². The van der Waals surface area contributed by atoms with Crippen molar-refractivity contribution in [2.45, 2.75) is 19.9 Å². The lowest BCUT2D eigenvalue weighted by molar-refractivity contribution is -0.120. The first-order valence-electron chi connectivity index (χ1n) is 7.99.